The second-order valence-corrected chi connectivity index (χ2v) is 4.83. The molecule has 0 amide bonds. The molecule has 0 N–H and O–H groups in total. The van der Waals surface area contributed by atoms with Crippen LogP contribution in [0.3, 0.4) is 0 Å². The van der Waals surface area contributed by atoms with Crippen LogP contribution in [-0.4, -0.2) is 9.55 Å². The third kappa shape index (κ3) is 1.36. The van der Waals surface area contributed by atoms with Crippen LogP contribution in [0.4, 0.5) is 0 Å². The van der Waals surface area contributed by atoms with Gasteiger partial charge in [0.1, 0.15) is 5.82 Å². The zero-order valence-corrected chi connectivity index (χ0v) is 10.2. The third-order valence-corrected chi connectivity index (χ3v) is 3.79. The van der Waals surface area contributed by atoms with E-state index in [0.29, 0.717) is 11.9 Å². The Kier molecular flexibility index (Phi) is 2.40. The number of alkyl halides is 1. The summed E-state index contributed by atoms with van der Waals surface area (Å²) >= 11 is 6.00. The summed E-state index contributed by atoms with van der Waals surface area (Å²) in [6, 6.07) is 7.00. The lowest BCUT2D eigenvalue weighted by Crippen LogP contribution is -2.18. The number of para-hydroxylation sites is 1. The minimum Gasteiger partial charge on any atom is -0.324 e. The van der Waals surface area contributed by atoms with Crippen LogP contribution in [0, 0.1) is 6.92 Å². The van der Waals surface area contributed by atoms with E-state index < -0.39 is 0 Å². The average Bonchev–Trinajstić information content (AvgIpc) is 2.57. The summed E-state index contributed by atoms with van der Waals surface area (Å²) in [5.41, 5.74) is 3.60. The Hall–Kier alpha value is -1.02. The van der Waals surface area contributed by atoms with Crippen LogP contribution in [-0.2, 0) is 5.88 Å². The number of hydrogen-bond acceptors (Lipinski definition) is 1. The minimum atomic E-state index is 0.505. The highest BCUT2D eigenvalue weighted by Crippen LogP contribution is 2.36. The minimum absolute atomic E-state index is 0.505. The van der Waals surface area contributed by atoms with E-state index in [4.69, 9.17) is 11.6 Å². The van der Waals surface area contributed by atoms with Crippen LogP contribution in [0.1, 0.15) is 36.7 Å². The fourth-order valence-electron chi connectivity index (χ4n) is 2.45. The molecule has 1 aliphatic rings. The van der Waals surface area contributed by atoms with Crippen molar-refractivity contribution in [1.29, 1.82) is 0 Å². The van der Waals surface area contributed by atoms with E-state index in [1.165, 1.54) is 30.3 Å². The molecule has 3 heteroatoms. The Balaban J connectivity index is 2.26. The molecule has 0 atom stereocenters. The topological polar surface area (TPSA) is 17.8 Å². The van der Waals surface area contributed by atoms with Crippen molar-refractivity contribution in [2.45, 2.75) is 38.1 Å². The summed E-state index contributed by atoms with van der Waals surface area (Å²) in [4.78, 5) is 4.66. The maximum Gasteiger partial charge on any atom is 0.125 e. The lowest BCUT2D eigenvalue weighted by atomic mass is 9.92. The van der Waals surface area contributed by atoms with E-state index >= 15 is 0 Å². The molecule has 0 radical (unpaired) electrons. The predicted octanol–water partition coefficient (Wildman–Crippen LogP) is 3.81. The largest absolute Gasteiger partial charge is 0.324 e. The van der Waals surface area contributed by atoms with Crippen LogP contribution in [0.2, 0.25) is 0 Å². The molecule has 0 bridgehead atoms. The molecule has 0 unspecified atom stereocenters. The number of nitrogens with zero attached hydrogens (tertiary/aromatic N) is 2. The summed E-state index contributed by atoms with van der Waals surface area (Å²) in [6.07, 6.45) is 3.87. The molecule has 1 saturated carbocycles. The van der Waals surface area contributed by atoms with Gasteiger partial charge in [-0.1, -0.05) is 12.1 Å². The second-order valence-electron chi connectivity index (χ2n) is 4.56. The first kappa shape index (κ1) is 10.2. The highest BCUT2D eigenvalue weighted by Gasteiger charge is 2.24. The quantitative estimate of drug-likeness (QED) is 0.723. The number of benzene rings is 1. The maximum atomic E-state index is 6.00. The fraction of sp³-hybridized carbons (Fsp3) is 0.462. The Morgan fingerprint density at radius 2 is 2.25 bits per heavy atom. The lowest BCUT2D eigenvalue weighted by molar-refractivity contribution is 0.315. The molecule has 1 heterocycles. The van der Waals surface area contributed by atoms with Gasteiger partial charge in [0, 0.05) is 6.04 Å². The molecule has 0 aliphatic heterocycles. The molecule has 16 heavy (non-hydrogen) atoms. The van der Waals surface area contributed by atoms with Crippen molar-refractivity contribution in [3.05, 3.63) is 29.6 Å². The number of imidazole rings is 1. The molecular weight excluding hydrogens is 220 g/mol. The number of aromatic nitrogens is 2. The second kappa shape index (κ2) is 3.77. The van der Waals surface area contributed by atoms with Crippen molar-refractivity contribution in [3.63, 3.8) is 0 Å². The molecule has 0 saturated heterocycles. The average molecular weight is 235 g/mol. The third-order valence-electron chi connectivity index (χ3n) is 3.55. The van der Waals surface area contributed by atoms with Crippen LogP contribution in [0.15, 0.2) is 18.2 Å². The first-order valence-electron chi connectivity index (χ1n) is 5.83. The van der Waals surface area contributed by atoms with Gasteiger partial charge in [-0.15, -0.1) is 11.6 Å². The molecule has 1 fully saturated rings. The van der Waals surface area contributed by atoms with Crippen molar-refractivity contribution >= 4 is 22.6 Å². The Morgan fingerprint density at radius 1 is 1.44 bits per heavy atom. The van der Waals surface area contributed by atoms with E-state index in [9.17, 15) is 0 Å². The van der Waals surface area contributed by atoms with Gasteiger partial charge in [-0.05, 0) is 37.8 Å². The predicted molar refractivity (Wildman–Crippen MR) is 66.9 cm³/mol. The van der Waals surface area contributed by atoms with E-state index in [1.807, 2.05) is 0 Å². The number of fused-ring (bicyclic) bond motifs is 1. The van der Waals surface area contributed by atoms with Gasteiger partial charge in [0.15, 0.2) is 0 Å². The number of hydrogen-bond donors (Lipinski definition) is 0. The van der Waals surface area contributed by atoms with Gasteiger partial charge >= 0.3 is 0 Å². The zero-order valence-electron chi connectivity index (χ0n) is 9.41. The number of halogens is 1. The maximum absolute atomic E-state index is 6.00. The fourth-order valence-corrected chi connectivity index (χ4v) is 2.64. The molecule has 1 aromatic carbocycles. The van der Waals surface area contributed by atoms with E-state index in [1.54, 1.807) is 0 Å². The summed E-state index contributed by atoms with van der Waals surface area (Å²) < 4.78 is 2.35. The van der Waals surface area contributed by atoms with Gasteiger partial charge in [0.2, 0.25) is 0 Å². The van der Waals surface area contributed by atoms with Crippen LogP contribution >= 0.6 is 11.6 Å². The zero-order chi connectivity index (χ0) is 11.1. The normalized spacial score (nSPS) is 16.6. The molecule has 3 rings (SSSR count). The van der Waals surface area contributed by atoms with Gasteiger partial charge in [-0.3, -0.25) is 0 Å². The van der Waals surface area contributed by atoms with Gasteiger partial charge in [-0.2, -0.15) is 0 Å². The van der Waals surface area contributed by atoms with Crippen LogP contribution in [0.5, 0.6) is 0 Å². The first-order chi connectivity index (χ1) is 7.81. The monoisotopic (exact) mass is 234 g/mol. The van der Waals surface area contributed by atoms with Crippen LogP contribution < -0.4 is 0 Å². The van der Waals surface area contributed by atoms with E-state index in [0.717, 1.165) is 11.3 Å². The summed E-state index contributed by atoms with van der Waals surface area (Å²) in [6.45, 7) is 2.11. The molecule has 2 aromatic rings. The van der Waals surface area contributed by atoms with Gasteiger partial charge in [0.05, 0.1) is 16.9 Å². The first-order valence-corrected chi connectivity index (χ1v) is 6.37. The van der Waals surface area contributed by atoms with Crippen molar-refractivity contribution in [1.82, 2.24) is 9.55 Å². The van der Waals surface area contributed by atoms with Crippen LogP contribution in [0.25, 0.3) is 11.0 Å². The highest BCUT2D eigenvalue weighted by molar-refractivity contribution is 6.16. The number of aryl methyl sites for hydroxylation is 1. The van der Waals surface area contributed by atoms with Gasteiger partial charge in [-0.25, -0.2) is 4.98 Å². The van der Waals surface area contributed by atoms with E-state index in [2.05, 4.69) is 34.7 Å². The highest BCUT2D eigenvalue weighted by atomic mass is 35.5. The van der Waals surface area contributed by atoms with Crippen molar-refractivity contribution in [3.8, 4) is 0 Å². The Morgan fingerprint density at radius 3 is 2.88 bits per heavy atom. The van der Waals surface area contributed by atoms with Gasteiger partial charge < -0.3 is 4.57 Å². The standard InChI is InChI=1S/C13H15ClN2/c1-9-4-2-7-11-13(9)15-12(8-14)16(11)10-5-3-6-10/h2,4,7,10H,3,5-6,8H2,1H3. The van der Waals surface area contributed by atoms with Crippen molar-refractivity contribution < 1.29 is 0 Å². The van der Waals surface area contributed by atoms with E-state index in [-0.39, 0.29) is 0 Å². The molecule has 0 spiro atoms. The summed E-state index contributed by atoms with van der Waals surface area (Å²) in [5, 5.41) is 0. The van der Waals surface area contributed by atoms with Crippen molar-refractivity contribution in [2.24, 2.45) is 0 Å². The number of rotatable bonds is 2. The van der Waals surface area contributed by atoms with Gasteiger partial charge in [0.25, 0.3) is 0 Å². The Bertz CT molecular complexity index is 526. The summed E-state index contributed by atoms with van der Waals surface area (Å²) in [7, 11) is 0. The van der Waals surface area contributed by atoms with Crippen molar-refractivity contribution in [2.75, 3.05) is 0 Å². The Labute approximate surface area is 100 Å². The molecular formula is C13H15ClN2. The SMILES string of the molecule is Cc1cccc2c1nc(CCl)n2C1CCC1. The molecule has 84 valence electrons. The molecule has 2 nitrogen and oxygen atoms in total. The molecule has 1 aliphatic carbocycles. The summed E-state index contributed by atoms with van der Waals surface area (Å²) in [5.74, 6) is 1.53. The molecule has 1 aromatic heterocycles. The lowest BCUT2D eigenvalue weighted by Gasteiger charge is -2.28. The smallest absolute Gasteiger partial charge is 0.125 e.